The van der Waals surface area contributed by atoms with Crippen molar-refractivity contribution in [3.05, 3.63) is 47.5 Å². The van der Waals surface area contributed by atoms with Gasteiger partial charge in [0.1, 0.15) is 11.5 Å². The van der Waals surface area contributed by atoms with Crippen LogP contribution in [0, 0.1) is 13.8 Å². The molecule has 7 heteroatoms. The maximum Gasteiger partial charge on any atom is 0.307 e. The Morgan fingerprint density at radius 1 is 0.964 bits per heavy atom. The van der Waals surface area contributed by atoms with E-state index in [2.05, 4.69) is 31.3 Å². The lowest BCUT2D eigenvalue weighted by atomic mass is 10.1. The second kappa shape index (κ2) is 10.6. The number of amides is 1. The fourth-order valence-electron chi connectivity index (χ4n) is 2.35. The first-order chi connectivity index (χ1) is 13.4. The molecular weight excluding hydrogens is 378 g/mol. The highest BCUT2D eigenvalue weighted by molar-refractivity contribution is 7.99. The number of rotatable bonds is 9. The molecule has 28 heavy (non-hydrogen) atoms. The van der Waals surface area contributed by atoms with Crippen molar-refractivity contribution in [1.29, 1.82) is 0 Å². The van der Waals surface area contributed by atoms with Gasteiger partial charge in [0.25, 0.3) is 5.91 Å². The van der Waals surface area contributed by atoms with Crippen LogP contribution in [0.15, 0.2) is 41.3 Å². The number of methoxy groups -OCH3 is 2. The van der Waals surface area contributed by atoms with Crippen LogP contribution >= 0.6 is 11.8 Å². The first-order valence-corrected chi connectivity index (χ1v) is 9.78. The van der Waals surface area contributed by atoms with E-state index in [0.717, 1.165) is 4.90 Å². The number of carbonyl (C=O) groups is 2. The summed E-state index contributed by atoms with van der Waals surface area (Å²) in [5.41, 5.74) is 2.96. The molecule has 1 amide bonds. The predicted molar refractivity (Wildman–Crippen MR) is 110 cm³/mol. The van der Waals surface area contributed by atoms with Crippen molar-refractivity contribution in [3.63, 3.8) is 0 Å². The molecule has 2 aromatic rings. The zero-order valence-electron chi connectivity index (χ0n) is 16.5. The molecule has 2 rings (SSSR count). The normalized spacial score (nSPS) is 10.3. The van der Waals surface area contributed by atoms with Crippen molar-refractivity contribution in [2.24, 2.45) is 0 Å². The van der Waals surface area contributed by atoms with Gasteiger partial charge in [0.05, 0.1) is 20.6 Å². The first kappa shape index (κ1) is 21.6. The molecular formula is C21H25NO5S. The molecule has 0 aliphatic heterocycles. The summed E-state index contributed by atoms with van der Waals surface area (Å²) in [6, 6.07) is 11.2. The summed E-state index contributed by atoms with van der Waals surface area (Å²) >= 11 is 1.59. The van der Waals surface area contributed by atoms with E-state index in [1.54, 1.807) is 30.0 Å². The Balaban J connectivity index is 1.74. The summed E-state index contributed by atoms with van der Waals surface area (Å²) in [5, 5.41) is 2.66. The SMILES string of the molecule is COc1cc(NC(=O)COC(=O)CCSc2ccc(C)c(C)c2)cc(OC)c1. The van der Waals surface area contributed by atoms with Gasteiger partial charge in [-0.3, -0.25) is 9.59 Å². The van der Waals surface area contributed by atoms with Crippen molar-refractivity contribution in [3.8, 4) is 11.5 Å². The van der Waals surface area contributed by atoms with Crippen LogP contribution < -0.4 is 14.8 Å². The fourth-order valence-corrected chi connectivity index (χ4v) is 3.28. The van der Waals surface area contributed by atoms with Crippen molar-refractivity contribution in [2.45, 2.75) is 25.2 Å². The molecule has 6 nitrogen and oxygen atoms in total. The molecule has 0 fully saturated rings. The molecule has 0 heterocycles. The Bertz CT molecular complexity index is 815. The molecule has 0 radical (unpaired) electrons. The Kier molecular flexibility index (Phi) is 8.19. The van der Waals surface area contributed by atoms with Gasteiger partial charge in [0.2, 0.25) is 0 Å². The minimum Gasteiger partial charge on any atom is -0.497 e. The summed E-state index contributed by atoms with van der Waals surface area (Å²) in [5.74, 6) is 0.862. The number of aryl methyl sites for hydroxylation is 2. The highest BCUT2D eigenvalue weighted by atomic mass is 32.2. The maximum absolute atomic E-state index is 12.0. The summed E-state index contributed by atoms with van der Waals surface area (Å²) < 4.78 is 15.3. The van der Waals surface area contributed by atoms with Gasteiger partial charge in [-0.2, -0.15) is 0 Å². The molecule has 0 aliphatic carbocycles. The third kappa shape index (κ3) is 6.81. The molecule has 0 bridgehead atoms. The van der Waals surface area contributed by atoms with E-state index in [9.17, 15) is 9.59 Å². The van der Waals surface area contributed by atoms with Crippen LogP contribution in [0.2, 0.25) is 0 Å². The van der Waals surface area contributed by atoms with Crippen molar-refractivity contribution in [2.75, 3.05) is 31.9 Å². The van der Waals surface area contributed by atoms with Crippen LogP contribution in [0.3, 0.4) is 0 Å². The number of carbonyl (C=O) groups excluding carboxylic acids is 2. The van der Waals surface area contributed by atoms with Gasteiger partial charge in [0, 0.05) is 34.5 Å². The predicted octanol–water partition coefficient (Wildman–Crippen LogP) is 3.98. The Labute approximate surface area is 169 Å². The molecule has 0 aromatic heterocycles. The lowest BCUT2D eigenvalue weighted by molar-refractivity contribution is -0.146. The van der Waals surface area contributed by atoms with Crippen LogP contribution in [0.1, 0.15) is 17.5 Å². The molecule has 0 saturated heterocycles. The lowest BCUT2D eigenvalue weighted by Crippen LogP contribution is -2.21. The van der Waals surface area contributed by atoms with Crippen LogP contribution in [0.5, 0.6) is 11.5 Å². The first-order valence-electron chi connectivity index (χ1n) is 8.80. The molecule has 2 aromatic carbocycles. The van der Waals surface area contributed by atoms with Crippen molar-refractivity contribution < 1.29 is 23.8 Å². The van der Waals surface area contributed by atoms with Crippen molar-refractivity contribution >= 4 is 29.3 Å². The lowest BCUT2D eigenvalue weighted by Gasteiger charge is -2.10. The minimum absolute atomic E-state index is 0.234. The van der Waals surface area contributed by atoms with Gasteiger partial charge in [-0.25, -0.2) is 0 Å². The molecule has 150 valence electrons. The number of hydrogen-bond acceptors (Lipinski definition) is 6. The average Bonchev–Trinajstić information content (AvgIpc) is 2.68. The monoisotopic (exact) mass is 403 g/mol. The van der Waals surface area contributed by atoms with Crippen molar-refractivity contribution in [1.82, 2.24) is 0 Å². The Hall–Kier alpha value is -2.67. The van der Waals surface area contributed by atoms with Gasteiger partial charge < -0.3 is 19.5 Å². The molecule has 0 saturated carbocycles. The highest BCUT2D eigenvalue weighted by Crippen LogP contribution is 2.25. The molecule has 0 spiro atoms. The van der Waals surface area contributed by atoms with Gasteiger partial charge >= 0.3 is 5.97 Å². The van der Waals surface area contributed by atoms with Gasteiger partial charge in [-0.1, -0.05) is 6.07 Å². The van der Waals surface area contributed by atoms with E-state index in [1.165, 1.54) is 25.3 Å². The maximum atomic E-state index is 12.0. The van der Waals surface area contributed by atoms with E-state index < -0.39 is 11.9 Å². The molecule has 1 N–H and O–H groups in total. The van der Waals surface area contributed by atoms with E-state index in [0.29, 0.717) is 22.9 Å². The Morgan fingerprint density at radius 2 is 1.64 bits per heavy atom. The quantitative estimate of drug-likeness (QED) is 0.504. The summed E-state index contributed by atoms with van der Waals surface area (Å²) in [6.07, 6.45) is 0.234. The topological polar surface area (TPSA) is 73.9 Å². The zero-order chi connectivity index (χ0) is 20.5. The minimum atomic E-state index is -0.425. The number of esters is 1. The van der Waals surface area contributed by atoms with Crippen LogP contribution in [-0.4, -0.2) is 38.5 Å². The van der Waals surface area contributed by atoms with E-state index >= 15 is 0 Å². The number of anilines is 1. The van der Waals surface area contributed by atoms with Gasteiger partial charge in [-0.15, -0.1) is 11.8 Å². The van der Waals surface area contributed by atoms with Gasteiger partial charge in [0.15, 0.2) is 6.61 Å². The second-order valence-electron chi connectivity index (χ2n) is 6.15. The third-order valence-electron chi connectivity index (χ3n) is 4.05. The summed E-state index contributed by atoms with van der Waals surface area (Å²) in [6.45, 7) is 3.78. The number of hydrogen-bond donors (Lipinski definition) is 1. The fraction of sp³-hybridized carbons (Fsp3) is 0.333. The molecule has 0 atom stereocenters. The third-order valence-corrected chi connectivity index (χ3v) is 5.05. The average molecular weight is 404 g/mol. The second-order valence-corrected chi connectivity index (χ2v) is 7.32. The van der Waals surface area contributed by atoms with Crippen LogP contribution in [0.4, 0.5) is 5.69 Å². The standard InChI is InChI=1S/C21H25NO5S/c1-14-5-6-19(9-15(14)2)28-8-7-21(24)27-13-20(23)22-16-10-17(25-3)12-18(11-16)26-4/h5-6,9-12H,7-8,13H2,1-4H3,(H,22,23). The number of benzene rings is 2. The number of ether oxygens (including phenoxy) is 3. The number of nitrogens with one attached hydrogen (secondary N) is 1. The van der Waals surface area contributed by atoms with Gasteiger partial charge in [-0.05, 0) is 37.1 Å². The molecule has 0 unspecified atom stereocenters. The van der Waals surface area contributed by atoms with Crippen LogP contribution in [0.25, 0.3) is 0 Å². The smallest absolute Gasteiger partial charge is 0.307 e. The highest BCUT2D eigenvalue weighted by Gasteiger charge is 2.10. The van der Waals surface area contributed by atoms with Crippen LogP contribution in [-0.2, 0) is 14.3 Å². The zero-order valence-corrected chi connectivity index (χ0v) is 17.4. The summed E-state index contributed by atoms with van der Waals surface area (Å²) in [4.78, 5) is 25.0. The van der Waals surface area contributed by atoms with E-state index in [-0.39, 0.29) is 13.0 Å². The largest absolute Gasteiger partial charge is 0.497 e. The molecule has 0 aliphatic rings. The number of thioether (sulfide) groups is 1. The summed E-state index contributed by atoms with van der Waals surface area (Å²) in [7, 11) is 3.05. The van der Waals surface area contributed by atoms with E-state index in [4.69, 9.17) is 14.2 Å². The Morgan fingerprint density at radius 3 is 2.25 bits per heavy atom. The van der Waals surface area contributed by atoms with E-state index in [1.807, 2.05) is 6.07 Å².